The molecule has 0 unspecified atom stereocenters. The van der Waals surface area contributed by atoms with Crippen LogP contribution in [0.1, 0.15) is 11.1 Å². The van der Waals surface area contributed by atoms with E-state index in [1.165, 1.54) is 0 Å². The summed E-state index contributed by atoms with van der Waals surface area (Å²) in [5, 5.41) is 12.3. The van der Waals surface area contributed by atoms with Gasteiger partial charge < -0.3 is 10.1 Å². The standard InChI is InChI=1S/C14H12BrN3O/c1-9-5-6-17-14(11(9)8-16)18-13-7-10(19-2)3-4-12(13)15/h3-7H,1-2H3,(H,17,18). The van der Waals surface area contributed by atoms with Gasteiger partial charge in [0.05, 0.1) is 18.4 Å². The number of aromatic nitrogens is 1. The highest BCUT2D eigenvalue weighted by atomic mass is 79.9. The monoisotopic (exact) mass is 317 g/mol. The number of pyridine rings is 1. The topological polar surface area (TPSA) is 57.9 Å². The molecule has 0 atom stereocenters. The maximum Gasteiger partial charge on any atom is 0.148 e. The Hall–Kier alpha value is -2.06. The fourth-order valence-electron chi connectivity index (χ4n) is 1.65. The predicted molar refractivity (Wildman–Crippen MR) is 77.7 cm³/mol. The molecule has 4 nitrogen and oxygen atoms in total. The van der Waals surface area contributed by atoms with E-state index >= 15 is 0 Å². The van der Waals surface area contributed by atoms with E-state index in [9.17, 15) is 5.26 Å². The maximum absolute atomic E-state index is 9.18. The molecule has 0 spiro atoms. The van der Waals surface area contributed by atoms with Crippen LogP contribution in [-0.2, 0) is 0 Å². The van der Waals surface area contributed by atoms with Crippen molar-refractivity contribution in [1.82, 2.24) is 4.98 Å². The Morgan fingerprint density at radius 1 is 1.37 bits per heavy atom. The Morgan fingerprint density at radius 3 is 2.84 bits per heavy atom. The van der Waals surface area contributed by atoms with Crippen LogP contribution in [0.3, 0.4) is 0 Å². The first-order valence-corrected chi connectivity index (χ1v) is 6.41. The first kappa shape index (κ1) is 13.4. The number of nitrogens with one attached hydrogen (secondary N) is 1. The van der Waals surface area contributed by atoms with Crippen molar-refractivity contribution in [2.24, 2.45) is 0 Å². The number of halogens is 1. The third-order valence-corrected chi connectivity index (χ3v) is 3.39. The second-order valence-corrected chi connectivity index (χ2v) is 4.79. The van der Waals surface area contributed by atoms with E-state index < -0.39 is 0 Å². The second kappa shape index (κ2) is 5.72. The van der Waals surface area contributed by atoms with Gasteiger partial charge in [0.15, 0.2) is 0 Å². The largest absolute Gasteiger partial charge is 0.497 e. The van der Waals surface area contributed by atoms with Crippen molar-refractivity contribution in [3.63, 3.8) is 0 Å². The van der Waals surface area contributed by atoms with E-state index in [0.717, 1.165) is 21.5 Å². The van der Waals surface area contributed by atoms with Crippen molar-refractivity contribution >= 4 is 27.4 Å². The van der Waals surface area contributed by atoms with Crippen molar-refractivity contribution < 1.29 is 4.74 Å². The summed E-state index contributed by atoms with van der Waals surface area (Å²) in [5.74, 6) is 1.27. The first-order chi connectivity index (χ1) is 9.15. The van der Waals surface area contributed by atoms with Gasteiger partial charge in [0, 0.05) is 16.7 Å². The molecule has 0 aliphatic rings. The van der Waals surface area contributed by atoms with Crippen molar-refractivity contribution in [1.29, 1.82) is 5.26 Å². The third kappa shape index (κ3) is 2.85. The number of hydrogen-bond acceptors (Lipinski definition) is 4. The van der Waals surface area contributed by atoms with Gasteiger partial charge in [-0.15, -0.1) is 0 Å². The van der Waals surface area contributed by atoms with Gasteiger partial charge in [-0.25, -0.2) is 4.98 Å². The van der Waals surface area contributed by atoms with E-state index in [1.807, 2.05) is 31.2 Å². The molecule has 1 heterocycles. The van der Waals surface area contributed by atoms with Gasteiger partial charge in [-0.3, -0.25) is 0 Å². The van der Waals surface area contributed by atoms with Crippen LogP contribution in [0.4, 0.5) is 11.5 Å². The van der Waals surface area contributed by atoms with Gasteiger partial charge in [0.1, 0.15) is 17.6 Å². The summed E-state index contributed by atoms with van der Waals surface area (Å²) in [6, 6.07) is 9.54. The summed E-state index contributed by atoms with van der Waals surface area (Å²) in [6.07, 6.45) is 1.67. The number of hydrogen-bond donors (Lipinski definition) is 1. The smallest absolute Gasteiger partial charge is 0.148 e. The number of nitrogens with zero attached hydrogens (tertiary/aromatic N) is 2. The number of ether oxygens (including phenoxy) is 1. The average Bonchev–Trinajstić information content (AvgIpc) is 2.41. The lowest BCUT2D eigenvalue weighted by Crippen LogP contribution is -1.99. The van der Waals surface area contributed by atoms with Gasteiger partial charge in [-0.1, -0.05) is 0 Å². The van der Waals surface area contributed by atoms with Crippen LogP contribution in [0.15, 0.2) is 34.9 Å². The summed E-state index contributed by atoms with van der Waals surface area (Å²) < 4.78 is 6.06. The molecule has 0 radical (unpaired) electrons. The highest BCUT2D eigenvalue weighted by molar-refractivity contribution is 9.10. The number of rotatable bonds is 3. The van der Waals surface area contributed by atoms with Crippen LogP contribution in [-0.4, -0.2) is 12.1 Å². The molecule has 1 aromatic carbocycles. The molecule has 96 valence electrons. The summed E-state index contributed by atoms with van der Waals surface area (Å²) >= 11 is 3.45. The van der Waals surface area contributed by atoms with Crippen molar-refractivity contribution in [2.75, 3.05) is 12.4 Å². The maximum atomic E-state index is 9.18. The Kier molecular flexibility index (Phi) is 4.03. The van der Waals surface area contributed by atoms with E-state index in [2.05, 4.69) is 32.3 Å². The van der Waals surface area contributed by atoms with Crippen molar-refractivity contribution in [3.05, 3.63) is 46.1 Å². The molecule has 0 aliphatic heterocycles. The number of benzene rings is 1. The van der Waals surface area contributed by atoms with E-state index in [4.69, 9.17) is 4.74 Å². The molecule has 2 aromatic rings. The summed E-state index contributed by atoms with van der Waals surface area (Å²) in [4.78, 5) is 4.21. The molecule has 0 fully saturated rings. The minimum Gasteiger partial charge on any atom is -0.497 e. The SMILES string of the molecule is COc1ccc(Br)c(Nc2nccc(C)c2C#N)c1. The van der Waals surface area contributed by atoms with E-state index in [-0.39, 0.29) is 0 Å². The fourth-order valence-corrected chi connectivity index (χ4v) is 1.99. The normalized spacial score (nSPS) is 9.79. The zero-order chi connectivity index (χ0) is 13.8. The van der Waals surface area contributed by atoms with Gasteiger partial charge in [0.25, 0.3) is 0 Å². The Balaban J connectivity index is 2.42. The van der Waals surface area contributed by atoms with Crippen LogP contribution in [0.2, 0.25) is 0 Å². The molecular formula is C14H12BrN3O. The highest BCUT2D eigenvalue weighted by Gasteiger charge is 2.09. The summed E-state index contributed by atoms with van der Waals surface area (Å²) in [7, 11) is 1.61. The van der Waals surface area contributed by atoms with E-state index in [1.54, 1.807) is 13.3 Å². The average molecular weight is 318 g/mol. The predicted octanol–water partition coefficient (Wildman–Crippen LogP) is 3.78. The summed E-state index contributed by atoms with van der Waals surface area (Å²) in [5.41, 5.74) is 2.23. The van der Waals surface area contributed by atoms with Crippen LogP contribution < -0.4 is 10.1 Å². The fraction of sp³-hybridized carbons (Fsp3) is 0.143. The lowest BCUT2D eigenvalue weighted by atomic mass is 10.1. The Labute approximate surface area is 120 Å². The molecule has 0 aliphatic carbocycles. The van der Waals surface area contributed by atoms with Gasteiger partial charge in [-0.2, -0.15) is 5.26 Å². The van der Waals surface area contributed by atoms with Crippen molar-refractivity contribution in [3.8, 4) is 11.8 Å². The van der Waals surface area contributed by atoms with E-state index in [0.29, 0.717) is 11.4 Å². The molecule has 1 aromatic heterocycles. The van der Waals surface area contributed by atoms with Gasteiger partial charge in [-0.05, 0) is 46.6 Å². The van der Waals surface area contributed by atoms with Crippen LogP contribution in [0.25, 0.3) is 0 Å². The highest BCUT2D eigenvalue weighted by Crippen LogP contribution is 2.30. The molecule has 2 rings (SSSR count). The lowest BCUT2D eigenvalue weighted by molar-refractivity contribution is 0.415. The van der Waals surface area contributed by atoms with Crippen LogP contribution >= 0.6 is 15.9 Å². The third-order valence-electron chi connectivity index (χ3n) is 2.70. The van der Waals surface area contributed by atoms with Gasteiger partial charge in [0.2, 0.25) is 0 Å². The minimum atomic E-state index is 0.538. The molecule has 0 bridgehead atoms. The summed E-state index contributed by atoms with van der Waals surface area (Å²) in [6.45, 7) is 1.88. The van der Waals surface area contributed by atoms with Crippen LogP contribution in [0.5, 0.6) is 5.75 Å². The zero-order valence-electron chi connectivity index (χ0n) is 10.6. The Morgan fingerprint density at radius 2 is 2.16 bits per heavy atom. The molecule has 0 saturated heterocycles. The number of aryl methyl sites for hydroxylation is 1. The zero-order valence-corrected chi connectivity index (χ0v) is 12.2. The quantitative estimate of drug-likeness (QED) is 0.936. The molecule has 0 amide bonds. The van der Waals surface area contributed by atoms with Crippen molar-refractivity contribution in [2.45, 2.75) is 6.92 Å². The molecule has 5 heteroatoms. The van der Waals surface area contributed by atoms with Crippen LogP contribution in [0, 0.1) is 18.3 Å². The minimum absolute atomic E-state index is 0.538. The molecule has 1 N–H and O–H groups in total. The number of methoxy groups -OCH3 is 1. The lowest BCUT2D eigenvalue weighted by Gasteiger charge is -2.11. The second-order valence-electron chi connectivity index (χ2n) is 3.93. The molecule has 19 heavy (non-hydrogen) atoms. The number of nitriles is 1. The molecule has 0 saturated carbocycles. The number of anilines is 2. The molecular weight excluding hydrogens is 306 g/mol. The van der Waals surface area contributed by atoms with Gasteiger partial charge >= 0.3 is 0 Å². The first-order valence-electron chi connectivity index (χ1n) is 5.62. The Bertz CT molecular complexity index is 650.